The fourth-order valence-corrected chi connectivity index (χ4v) is 2.03. The van der Waals surface area contributed by atoms with Gasteiger partial charge in [-0.15, -0.1) is 0 Å². The minimum atomic E-state index is -0.503. The number of nitrogens with zero attached hydrogens (tertiary/aromatic N) is 1. The number of fused-ring (bicyclic) bond motifs is 1. The van der Waals surface area contributed by atoms with E-state index in [1.165, 1.54) is 0 Å². The molecule has 1 aliphatic rings. The first-order valence-electron chi connectivity index (χ1n) is 5.49. The SMILES string of the molecule is Cc1cc2c(cc1Cl)OC(CCN)C(=O)N2C. The fraction of sp³-hybridized carbons (Fsp3) is 0.417. The van der Waals surface area contributed by atoms with Crippen LogP contribution in [0.1, 0.15) is 12.0 Å². The summed E-state index contributed by atoms with van der Waals surface area (Å²) in [6.07, 6.45) is 0.00459. The van der Waals surface area contributed by atoms with Crippen LogP contribution < -0.4 is 15.4 Å². The van der Waals surface area contributed by atoms with Crippen LogP contribution in [-0.2, 0) is 4.79 Å². The number of nitrogens with two attached hydrogens (primary N) is 1. The topological polar surface area (TPSA) is 55.6 Å². The van der Waals surface area contributed by atoms with Crippen LogP contribution in [0.25, 0.3) is 0 Å². The van der Waals surface area contributed by atoms with Gasteiger partial charge in [-0.05, 0) is 25.1 Å². The highest BCUT2D eigenvalue weighted by molar-refractivity contribution is 6.31. The Bertz CT molecular complexity index is 462. The summed E-state index contributed by atoms with van der Waals surface area (Å²) in [5.74, 6) is 0.575. The van der Waals surface area contributed by atoms with Gasteiger partial charge >= 0.3 is 0 Å². The Labute approximate surface area is 105 Å². The Balaban J connectivity index is 2.42. The van der Waals surface area contributed by atoms with Crippen LogP contribution in [0.15, 0.2) is 12.1 Å². The molecule has 1 heterocycles. The fourth-order valence-electron chi connectivity index (χ4n) is 1.88. The number of amides is 1. The molecule has 1 amide bonds. The Morgan fingerprint density at radius 3 is 2.88 bits per heavy atom. The van der Waals surface area contributed by atoms with Crippen LogP contribution in [0.2, 0.25) is 5.02 Å². The maximum absolute atomic E-state index is 12.0. The molecule has 92 valence electrons. The number of hydrogen-bond acceptors (Lipinski definition) is 3. The number of likely N-dealkylation sites (N-methyl/N-ethyl adjacent to an activating group) is 1. The third-order valence-corrected chi connectivity index (χ3v) is 3.31. The van der Waals surface area contributed by atoms with E-state index in [4.69, 9.17) is 22.1 Å². The maximum atomic E-state index is 12.0. The first kappa shape index (κ1) is 12.2. The van der Waals surface area contributed by atoms with Crippen LogP contribution in [0.4, 0.5) is 5.69 Å². The van der Waals surface area contributed by atoms with Crippen molar-refractivity contribution in [1.29, 1.82) is 0 Å². The van der Waals surface area contributed by atoms with Crippen molar-refractivity contribution in [3.63, 3.8) is 0 Å². The number of halogens is 1. The monoisotopic (exact) mass is 254 g/mol. The summed E-state index contributed by atoms with van der Waals surface area (Å²) < 4.78 is 5.64. The average Bonchev–Trinajstić information content (AvgIpc) is 2.29. The van der Waals surface area contributed by atoms with E-state index in [2.05, 4.69) is 0 Å². The number of aryl methyl sites for hydroxylation is 1. The van der Waals surface area contributed by atoms with Gasteiger partial charge < -0.3 is 15.4 Å². The second-order valence-corrected chi connectivity index (χ2v) is 4.56. The molecule has 4 nitrogen and oxygen atoms in total. The smallest absolute Gasteiger partial charge is 0.267 e. The van der Waals surface area contributed by atoms with Crippen molar-refractivity contribution >= 4 is 23.2 Å². The lowest BCUT2D eigenvalue weighted by Gasteiger charge is -2.32. The molecule has 0 aliphatic carbocycles. The molecule has 2 rings (SSSR count). The molecule has 0 saturated carbocycles. The van der Waals surface area contributed by atoms with Crippen LogP contribution in [0.3, 0.4) is 0 Å². The maximum Gasteiger partial charge on any atom is 0.267 e. The molecule has 17 heavy (non-hydrogen) atoms. The van der Waals surface area contributed by atoms with E-state index in [1.54, 1.807) is 18.0 Å². The lowest BCUT2D eigenvalue weighted by Crippen LogP contribution is -2.44. The standard InChI is InChI=1S/C12H15ClN2O2/c1-7-5-9-11(6-8(7)13)17-10(3-4-14)12(16)15(9)2/h5-6,10H,3-4,14H2,1-2H3. The van der Waals surface area contributed by atoms with E-state index in [0.717, 1.165) is 11.3 Å². The zero-order chi connectivity index (χ0) is 12.6. The molecule has 1 aromatic carbocycles. The van der Waals surface area contributed by atoms with Crippen LogP contribution in [0, 0.1) is 6.92 Å². The number of hydrogen-bond donors (Lipinski definition) is 1. The molecule has 0 fully saturated rings. The third kappa shape index (κ3) is 2.10. The highest BCUT2D eigenvalue weighted by atomic mass is 35.5. The third-order valence-electron chi connectivity index (χ3n) is 2.91. The molecule has 0 radical (unpaired) electrons. The van der Waals surface area contributed by atoms with Gasteiger partial charge in [-0.3, -0.25) is 4.79 Å². The molecular formula is C12H15ClN2O2. The molecule has 0 spiro atoms. The lowest BCUT2D eigenvalue weighted by molar-refractivity contribution is -0.126. The second-order valence-electron chi connectivity index (χ2n) is 4.15. The van der Waals surface area contributed by atoms with Gasteiger partial charge in [-0.1, -0.05) is 11.6 Å². The number of rotatable bonds is 2. The Kier molecular flexibility index (Phi) is 3.26. The van der Waals surface area contributed by atoms with E-state index in [1.807, 2.05) is 13.0 Å². The summed E-state index contributed by atoms with van der Waals surface area (Å²) in [4.78, 5) is 13.6. The number of ether oxygens (including phenoxy) is 1. The predicted molar refractivity (Wildman–Crippen MR) is 67.7 cm³/mol. The van der Waals surface area contributed by atoms with Crippen molar-refractivity contribution < 1.29 is 9.53 Å². The van der Waals surface area contributed by atoms with Crippen LogP contribution in [0.5, 0.6) is 5.75 Å². The summed E-state index contributed by atoms with van der Waals surface area (Å²) in [6, 6.07) is 3.60. The zero-order valence-corrected chi connectivity index (χ0v) is 10.6. The molecule has 1 atom stereocenters. The molecule has 2 N–H and O–H groups in total. The van der Waals surface area contributed by atoms with Crippen molar-refractivity contribution in [1.82, 2.24) is 0 Å². The van der Waals surface area contributed by atoms with E-state index in [-0.39, 0.29) is 5.91 Å². The van der Waals surface area contributed by atoms with Gasteiger partial charge in [0.15, 0.2) is 6.10 Å². The predicted octanol–water partition coefficient (Wildman–Crippen LogP) is 1.72. The molecule has 1 aromatic rings. The zero-order valence-electron chi connectivity index (χ0n) is 9.87. The first-order valence-corrected chi connectivity index (χ1v) is 5.87. The lowest BCUT2D eigenvalue weighted by atomic mass is 10.1. The summed E-state index contributed by atoms with van der Waals surface area (Å²) in [7, 11) is 1.74. The number of benzene rings is 1. The van der Waals surface area contributed by atoms with Gasteiger partial charge in [0.2, 0.25) is 0 Å². The Hall–Kier alpha value is -1.26. The minimum absolute atomic E-state index is 0.0651. The molecule has 1 unspecified atom stereocenters. The summed E-state index contributed by atoms with van der Waals surface area (Å²) >= 11 is 6.05. The Morgan fingerprint density at radius 2 is 2.24 bits per heavy atom. The van der Waals surface area contributed by atoms with E-state index in [0.29, 0.717) is 23.7 Å². The highest BCUT2D eigenvalue weighted by Crippen LogP contribution is 2.37. The van der Waals surface area contributed by atoms with Gasteiger partial charge in [0, 0.05) is 24.6 Å². The van der Waals surface area contributed by atoms with Crippen LogP contribution in [-0.4, -0.2) is 25.6 Å². The molecule has 0 aromatic heterocycles. The van der Waals surface area contributed by atoms with E-state index in [9.17, 15) is 4.79 Å². The van der Waals surface area contributed by atoms with Gasteiger partial charge in [0.1, 0.15) is 5.75 Å². The highest BCUT2D eigenvalue weighted by Gasteiger charge is 2.31. The van der Waals surface area contributed by atoms with Gasteiger partial charge in [0.05, 0.1) is 5.69 Å². The quantitative estimate of drug-likeness (QED) is 0.874. The summed E-state index contributed by atoms with van der Waals surface area (Å²) in [5, 5.41) is 0.637. The molecule has 1 aliphatic heterocycles. The second kappa shape index (κ2) is 4.55. The van der Waals surface area contributed by atoms with Gasteiger partial charge in [-0.2, -0.15) is 0 Å². The number of anilines is 1. The largest absolute Gasteiger partial charge is 0.478 e. The van der Waals surface area contributed by atoms with Crippen molar-refractivity contribution in [3.05, 3.63) is 22.7 Å². The van der Waals surface area contributed by atoms with Crippen molar-refractivity contribution in [2.75, 3.05) is 18.5 Å². The van der Waals surface area contributed by atoms with Crippen molar-refractivity contribution in [2.45, 2.75) is 19.4 Å². The first-order chi connectivity index (χ1) is 8.04. The van der Waals surface area contributed by atoms with Crippen LogP contribution >= 0.6 is 11.6 Å². The van der Waals surface area contributed by atoms with E-state index >= 15 is 0 Å². The molecule has 0 bridgehead atoms. The molecule has 5 heteroatoms. The molecule has 0 saturated heterocycles. The Morgan fingerprint density at radius 1 is 1.53 bits per heavy atom. The minimum Gasteiger partial charge on any atom is -0.478 e. The number of carbonyl (C=O) groups excluding carboxylic acids is 1. The van der Waals surface area contributed by atoms with Gasteiger partial charge in [0.25, 0.3) is 5.91 Å². The van der Waals surface area contributed by atoms with Gasteiger partial charge in [-0.25, -0.2) is 0 Å². The normalized spacial score (nSPS) is 18.9. The van der Waals surface area contributed by atoms with E-state index < -0.39 is 6.10 Å². The average molecular weight is 255 g/mol. The van der Waals surface area contributed by atoms with Crippen molar-refractivity contribution in [2.24, 2.45) is 5.73 Å². The summed E-state index contributed by atoms with van der Waals surface area (Å²) in [5.41, 5.74) is 7.14. The molecular weight excluding hydrogens is 240 g/mol. The number of carbonyl (C=O) groups is 1. The van der Waals surface area contributed by atoms with Crippen molar-refractivity contribution in [3.8, 4) is 5.75 Å². The summed E-state index contributed by atoms with van der Waals surface area (Å²) in [6.45, 7) is 2.31.